The van der Waals surface area contributed by atoms with E-state index in [1.807, 2.05) is 12.2 Å². The highest BCUT2D eigenvalue weighted by atomic mass is 19.3. The molecule has 7 heteroatoms. The quantitative estimate of drug-likeness (QED) is 0.329. The van der Waals surface area contributed by atoms with Gasteiger partial charge in [0.15, 0.2) is 0 Å². The summed E-state index contributed by atoms with van der Waals surface area (Å²) < 4.78 is 27.6. The van der Waals surface area contributed by atoms with Gasteiger partial charge >= 0.3 is 11.9 Å². The second-order valence-electron chi connectivity index (χ2n) is 7.46. The lowest BCUT2D eigenvalue weighted by Gasteiger charge is -2.23. The summed E-state index contributed by atoms with van der Waals surface area (Å²) in [6.45, 7) is 1.79. The smallest absolute Gasteiger partial charge is 0.305 e. The normalized spacial score (nSPS) is 26.0. The summed E-state index contributed by atoms with van der Waals surface area (Å²) >= 11 is 0. The first-order valence-electron chi connectivity index (χ1n) is 9.83. The largest absolute Gasteiger partial charge is 0.481 e. The molecule has 0 aromatic carbocycles. The minimum Gasteiger partial charge on any atom is -0.481 e. The number of alkyl halides is 2. The average Bonchev–Trinajstić information content (AvgIpc) is 2.86. The van der Waals surface area contributed by atoms with Gasteiger partial charge in [-0.05, 0) is 50.4 Å². The molecule has 1 aliphatic rings. The molecule has 4 atom stereocenters. The zero-order valence-corrected chi connectivity index (χ0v) is 15.9. The molecule has 3 N–H and O–H groups in total. The summed E-state index contributed by atoms with van der Waals surface area (Å²) in [4.78, 5) is 22.3. The third-order valence-corrected chi connectivity index (χ3v) is 5.31. The molecule has 1 aliphatic carbocycles. The summed E-state index contributed by atoms with van der Waals surface area (Å²) in [6.07, 6.45) is 4.27. The van der Waals surface area contributed by atoms with Crippen LogP contribution in [0.1, 0.15) is 71.1 Å². The number of carbonyl (C=O) groups excluding carboxylic acids is 1. The molecule has 0 aromatic heterocycles. The first-order chi connectivity index (χ1) is 12.7. The summed E-state index contributed by atoms with van der Waals surface area (Å²) in [6, 6.07) is 0. The van der Waals surface area contributed by atoms with E-state index in [1.165, 1.54) is 0 Å². The average molecular weight is 390 g/mol. The molecule has 0 amide bonds. The number of hydrogen-bond donors (Lipinski definition) is 3. The minimum atomic E-state index is -3.32. The van der Waals surface area contributed by atoms with Gasteiger partial charge in [0.05, 0.1) is 12.2 Å². The van der Waals surface area contributed by atoms with Crippen LogP contribution in [0.25, 0.3) is 0 Å². The van der Waals surface area contributed by atoms with Crippen LogP contribution in [-0.2, 0) is 9.59 Å². The molecule has 1 fully saturated rings. The first-order valence-corrected chi connectivity index (χ1v) is 9.83. The first kappa shape index (κ1) is 23.7. The number of halogens is 2. The topological polar surface area (TPSA) is 94.8 Å². The Morgan fingerprint density at radius 1 is 1.07 bits per heavy atom. The second kappa shape index (κ2) is 11.5. The monoisotopic (exact) mass is 390 g/mol. The zero-order chi connectivity index (χ0) is 20.4. The van der Waals surface area contributed by atoms with E-state index in [9.17, 15) is 28.6 Å². The summed E-state index contributed by atoms with van der Waals surface area (Å²) in [5, 5.41) is 28.9. The maximum Gasteiger partial charge on any atom is 0.305 e. The van der Waals surface area contributed by atoms with E-state index < -0.39 is 42.2 Å². The van der Waals surface area contributed by atoms with Crippen molar-refractivity contribution < 1.29 is 33.7 Å². The molecule has 156 valence electrons. The van der Waals surface area contributed by atoms with Crippen molar-refractivity contribution in [3.63, 3.8) is 0 Å². The van der Waals surface area contributed by atoms with Gasteiger partial charge in [-0.1, -0.05) is 25.5 Å². The van der Waals surface area contributed by atoms with Crippen LogP contribution in [-0.4, -0.2) is 45.2 Å². The maximum atomic E-state index is 13.8. The van der Waals surface area contributed by atoms with Crippen LogP contribution in [0, 0.1) is 11.8 Å². The molecule has 27 heavy (non-hydrogen) atoms. The van der Waals surface area contributed by atoms with Crippen LogP contribution in [0.2, 0.25) is 0 Å². The standard InChI is InChI=1S/C20H32F2O5/c1-2-3-12-20(21,22)18(25)11-10-15-14(16(23)13-17(15)24)8-6-4-5-7-9-19(26)27/h4,6,14-17,23-24H,2-3,5,7-13H2,1H3,(H,26,27)/b6-4-/t14-,15-,16+,17-/m1/s1. The van der Waals surface area contributed by atoms with Crippen molar-refractivity contribution in [2.75, 3.05) is 0 Å². The maximum absolute atomic E-state index is 13.8. The van der Waals surface area contributed by atoms with Crippen LogP contribution in [0.15, 0.2) is 12.2 Å². The van der Waals surface area contributed by atoms with E-state index in [2.05, 4.69) is 0 Å². The van der Waals surface area contributed by atoms with Gasteiger partial charge in [0.2, 0.25) is 5.78 Å². The zero-order valence-electron chi connectivity index (χ0n) is 15.9. The van der Waals surface area contributed by atoms with Gasteiger partial charge in [-0.25, -0.2) is 0 Å². The molecule has 0 bridgehead atoms. The van der Waals surface area contributed by atoms with Crippen molar-refractivity contribution >= 4 is 11.8 Å². The van der Waals surface area contributed by atoms with Gasteiger partial charge in [0.25, 0.3) is 0 Å². The Morgan fingerprint density at radius 3 is 2.37 bits per heavy atom. The molecule has 0 spiro atoms. The van der Waals surface area contributed by atoms with Crippen LogP contribution in [0.5, 0.6) is 0 Å². The molecule has 5 nitrogen and oxygen atoms in total. The number of carboxylic acids is 1. The lowest BCUT2D eigenvalue weighted by molar-refractivity contribution is -0.144. The van der Waals surface area contributed by atoms with Gasteiger partial charge in [-0.15, -0.1) is 0 Å². The van der Waals surface area contributed by atoms with Gasteiger partial charge < -0.3 is 15.3 Å². The van der Waals surface area contributed by atoms with Crippen molar-refractivity contribution in [2.45, 2.75) is 89.3 Å². The van der Waals surface area contributed by atoms with Crippen LogP contribution >= 0.6 is 0 Å². The highest BCUT2D eigenvalue weighted by molar-refractivity contribution is 5.85. The number of carboxylic acid groups (broad SMARTS) is 1. The van der Waals surface area contributed by atoms with Crippen molar-refractivity contribution in [1.82, 2.24) is 0 Å². The van der Waals surface area contributed by atoms with Gasteiger partial charge in [-0.2, -0.15) is 8.78 Å². The Balaban J connectivity index is 2.52. The molecular weight excluding hydrogens is 358 g/mol. The fourth-order valence-corrected chi connectivity index (χ4v) is 3.67. The van der Waals surface area contributed by atoms with Crippen molar-refractivity contribution in [2.24, 2.45) is 11.8 Å². The summed E-state index contributed by atoms with van der Waals surface area (Å²) in [5.74, 6) is -5.94. The number of carbonyl (C=O) groups is 2. The number of unbranched alkanes of at least 4 members (excludes halogenated alkanes) is 2. The molecule has 0 aliphatic heterocycles. The highest BCUT2D eigenvalue weighted by Crippen LogP contribution is 2.39. The Bertz CT molecular complexity index is 507. The number of ketones is 1. The van der Waals surface area contributed by atoms with Crippen LogP contribution in [0.4, 0.5) is 8.78 Å². The molecule has 0 heterocycles. The third-order valence-electron chi connectivity index (χ3n) is 5.31. The van der Waals surface area contributed by atoms with Crippen LogP contribution in [0.3, 0.4) is 0 Å². The molecular formula is C20H32F2O5. The second-order valence-corrected chi connectivity index (χ2v) is 7.46. The van der Waals surface area contributed by atoms with Gasteiger partial charge in [0, 0.05) is 19.3 Å². The number of aliphatic hydroxyl groups excluding tert-OH is 2. The van der Waals surface area contributed by atoms with E-state index in [4.69, 9.17) is 5.11 Å². The predicted molar refractivity (Wildman–Crippen MR) is 97.6 cm³/mol. The Kier molecular flexibility index (Phi) is 10.1. The molecule has 1 saturated carbocycles. The Labute approximate surface area is 159 Å². The van der Waals surface area contributed by atoms with E-state index >= 15 is 0 Å². The van der Waals surface area contributed by atoms with Crippen molar-refractivity contribution in [3.05, 3.63) is 12.2 Å². The number of Topliss-reactive ketones (excluding diaryl/α,β-unsaturated/α-hetero) is 1. The number of allylic oxidation sites excluding steroid dienone is 2. The molecule has 1 rings (SSSR count). The minimum absolute atomic E-state index is 0.0894. The van der Waals surface area contributed by atoms with Gasteiger partial charge in [-0.3, -0.25) is 9.59 Å². The Morgan fingerprint density at radius 2 is 1.74 bits per heavy atom. The number of hydrogen-bond acceptors (Lipinski definition) is 4. The number of aliphatic carboxylic acids is 1. The third kappa shape index (κ3) is 8.05. The predicted octanol–water partition coefficient (Wildman–Crippen LogP) is 3.72. The molecule has 0 saturated heterocycles. The van der Waals surface area contributed by atoms with Crippen molar-refractivity contribution in [3.8, 4) is 0 Å². The molecule has 0 radical (unpaired) electrons. The van der Waals surface area contributed by atoms with E-state index in [1.54, 1.807) is 6.92 Å². The number of aliphatic hydroxyl groups is 2. The fraction of sp³-hybridized carbons (Fsp3) is 0.800. The van der Waals surface area contributed by atoms with Gasteiger partial charge in [0.1, 0.15) is 0 Å². The van der Waals surface area contributed by atoms with E-state index in [0.29, 0.717) is 32.1 Å². The van der Waals surface area contributed by atoms with E-state index in [-0.39, 0.29) is 31.6 Å². The van der Waals surface area contributed by atoms with E-state index in [0.717, 1.165) is 0 Å². The SMILES string of the molecule is CCCCC(F)(F)C(=O)CC[C@@H]1[C@@H](C/C=C\CCCC(=O)O)[C@@H](O)C[C@H]1O. The molecule has 0 aromatic rings. The summed E-state index contributed by atoms with van der Waals surface area (Å²) in [7, 11) is 0. The molecule has 0 unspecified atom stereocenters. The Hall–Kier alpha value is -1.34. The van der Waals surface area contributed by atoms with Crippen LogP contribution < -0.4 is 0 Å². The van der Waals surface area contributed by atoms with Crippen molar-refractivity contribution in [1.29, 1.82) is 0 Å². The lowest BCUT2D eigenvalue weighted by atomic mass is 9.85. The number of rotatable bonds is 13. The lowest BCUT2D eigenvalue weighted by Crippen LogP contribution is -2.30. The highest BCUT2D eigenvalue weighted by Gasteiger charge is 2.43. The summed E-state index contributed by atoms with van der Waals surface area (Å²) in [5.41, 5.74) is 0. The fourth-order valence-electron chi connectivity index (χ4n) is 3.67.